The number of aromatic nitrogens is 2. The fraction of sp³-hybridized carbons (Fsp3) is 0.375. The smallest absolute Gasteiger partial charge is 0.167 e. The third kappa shape index (κ3) is 2.80. The van der Waals surface area contributed by atoms with Crippen molar-refractivity contribution in [2.45, 2.75) is 38.6 Å². The van der Waals surface area contributed by atoms with Crippen molar-refractivity contribution in [1.82, 2.24) is 9.55 Å². The Balaban J connectivity index is 2.34. The van der Waals surface area contributed by atoms with Gasteiger partial charge < -0.3 is 4.57 Å². The number of aryl methyl sites for hydroxylation is 3. The summed E-state index contributed by atoms with van der Waals surface area (Å²) in [6, 6.07) is 2.11. The van der Waals surface area contributed by atoms with Crippen LogP contribution in [0, 0.1) is 20.8 Å². The van der Waals surface area contributed by atoms with Crippen LogP contribution in [-0.4, -0.2) is 15.3 Å². The first-order valence-electron chi connectivity index (χ1n) is 6.62. The first-order chi connectivity index (χ1) is 9.41. The number of nitrogens with zero attached hydrogens (tertiary/aromatic N) is 2. The third-order valence-corrected chi connectivity index (χ3v) is 4.69. The van der Waals surface area contributed by atoms with E-state index in [1.807, 2.05) is 31.7 Å². The molecule has 0 radical (unpaired) electrons. The fourth-order valence-corrected chi connectivity index (χ4v) is 3.74. The molecule has 20 heavy (non-hydrogen) atoms. The minimum Gasteiger partial charge on any atom is -0.329 e. The van der Waals surface area contributed by atoms with Crippen molar-refractivity contribution in [3.05, 3.63) is 46.3 Å². The number of benzene rings is 1. The zero-order valence-electron chi connectivity index (χ0n) is 12.7. The van der Waals surface area contributed by atoms with E-state index in [4.69, 9.17) is 0 Å². The molecule has 0 N–H and O–H groups in total. The minimum absolute atomic E-state index is 0.142. The standard InChI is InChI=1S/C16H20N2OS/c1-10-8-11(2)15(13(4)19)12(3)14(10)9-20-16-17-6-7-18(16)5/h6-8H,9H2,1-5H3. The number of carbonyl (C=O) groups excluding carboxylic acids is 1. The van der Waals surface area contributed by atoms with Crippen molar-refractivity contribution in [1.29, 1.82) is 0 Å². The highest BCUT2D eigenvalue weighted by Crippen LogP contribution is 2.28. The zero-order chi connectivity index (χ0) is 14.9. The first-order valence-corrected chi connectivity index (χ1v) is 7.61. The lowest BCUT2D eigenvalue weighted by Crippen LogP contribution is -2.05. The molecule has 1 aromatic heterocycles. The summed E-state index contributed by atoms with van der Waals surface area (Å²) in [5.74, 6) is 0.978. The van der Waals surface area contributed by atoms with Crippen LogP contribution in [0.1, 0.15) is 39.5 Å². The minimum atomic E-state index is 0.142. The molecule has 0 bridgehead atoms. The summed E-state index contributed by atoms with van der Waals surface area (Å²) in [5.41, 5.74) is 5.53. The van der Waals surface area contributed by atoms with Crippen LogP contribution in [0.15, 0.2) is 23.6 Å². The van der Waals surface area contributed by atoms with Gasteiger partial charge in [0.1, 0.15) is 0 Å². The van der Waals surface area contributed by atoms with Gasteiger partial charge in [0.2, 0.25) is 0 Å². The van der Waals surface area contributed by atoms with Gasteiger partial charge in [0.25, 0.3) is 0 Å². The maximum absolute atomic E-state index is 11.8. The molecule has 0 fully saturated rings. The molecule has 2 aromatic rings. The van der Waals surface area contributed by atoms with Crippen LogP contribution in [-0.2, 0) is 12.8 Å². The second-order valence-corrected chi connectivity index (χ2v) is 6.10. The van der Waals surface area contributed by atoms with E-state index in [0.29, 0.717) is 0 Å². The van der Waals surface area contributed by atoms with E-state index in [-0.39, 0.29) is 5.78 Å². The fourth-order valence-electron chi connectivity index (χ4n) is 2.62. The molecule has 0 saturated carbocycles. The predicted molar refractivity (Wildman–Crippen MR) is 83.4 cm³/mol. The van der Waals surface area contributed by atoms with E-state index in [2.05, 4.69) is 18.0 Å². The second kappa shape index (κ2) is 5.83. The van der Waals surface area contributed by atoms with Crippen LogP contribution in [0.5, 0.6) is 0 Å². The Morgan fingerprint density at radius 1 is 1.30 bits per heavy atom. The molecule has 3 nitrogen and oxygen atoms in total. The number of thioether (sulfide) groups is 1. The third-order valence-electron chi connectivity index (χ3n) is 3.61. The molecule has 2 rings (SSSR count). The number of imidazole rings is 1. The van der Waals surface area contributed by atoms with Crippen LogP contribution in [0.2, 0.25) is 0 Å². The van der Waals surface area contributed by atoms with E-state index in [0.717, 1.165) is 27.6 Å². The van der Waals surface area contributed by atoms with Crippen molar-refractivity contribution < 1.29 is 4.79 Å². The molecule has 4 heteroatoms. The zero-order valence-corrected chi connectivity index (χ0v) is 13.5. The van der Waals surface area contributed by atoms with E-state index >= 15 is 0 Å². The number of carbonyl (C=O) groups is 1. The molecule has 1 heterocycles. The Kier molecular flexibility index (Phi) is 4.33. The molecule has 0 atom stereocenters. The summed E-state index contributed by atoms with van der Waals surface area (Å²) in [7, 11) is 1.99. The van der Waals surface area contributed by atoms with E-state index in [1.165, 1.54) is 11.1 Å². The molecule has 0 aliphatic heterocycles. The molecule has 0 aliphatic carbocycles. The first kappa shape index (κ1) is 14.9. The van der Waals surface area contributed by atoms with Crippen molar-refractivity contribution in [3.63, 3.8) is 0 Å². The molecule has 0 aliphatic rings. The van der Waals surface area contributed by atoms with Gasteiger partial charge in [-0.2, -0.15) is 0 Å². The lowest BCUT2D eigenvalue weighted by atomic mass is 9.92. The SMILES string of the molecule is CC(=O)c1c(C)cc(C)c(CSc2nccn2C)c1C. The van der Waals surface area contributed by atoms with Gasteiger partial charge >= 0.3 is 0 Å². The summed E-state index contributed by atoms with van der Waals surface area (Å²) < 4.78 is 2.01. The summed E-state index contributed by atoms with van der Waals surface area (Å²) in [6.45, 7) is 7.80. The van der Waals surface area contributed by atoms with E-state index in [1.54, 1.807) is 24.9 Å². The molecule has 0 amide bonds. The average Bonchev–Trinajstić information content (AvgIpc) is 2.73. The highest BCUT2D eigenvalue weighted by atomic mass is 32.2. The van der Waals surface area contributed by atoms with Crippen molar-refractivity contribution in [2.24, 2.45) is 7.05 Å². The summed E-state index contributed by atoms with van der Waals surface area (Å²) in [4.78, 5) is 16.1. The van der Waals surface area contributed by atoms with E-state index in [9.17, 15) is 4.79 Å². The summed E-state index contributed by atoms with van der Waals surface area (Å²) >= 11 is 1.70. The lowest BCUT2D eigenvalue weighted by molar-refractivity contribution is 0.101. The van der Waals surface area contributed by atoms with Gasteiger partial charge in [-0.05, 0) is 49.9 Å². The summed E-state index contributed by atoms with van der Waals surface area (Å²) in [6.07, 6.45) is 3.75. The van der Waals surface area contributed by atoms with Gasteiger partial charge in [-0.1, -0.05) is 17.8 Å². The van der Waals surface area contributed by atoms with Gasteiger partial charge in [-0.25, -0.2) is 4.98 Å². The van der Waals surface area contributed by atoms with Crippen LogP contribution in [0.25, 0.3) is 0 Å². The van der Waals surface area contributed by atoms with Crippen LogP contribution < -0.4 is 0 Å². The Bertz CT molecular complexity index is 659. The van der Waals surface area contributed by atoms with Crippen LogP contribution in [0.3, 0.4) is 0 Å². The molecule has 0 saturated heterocycles. The Morgan fingerprint density at radius 3 is 2.55 bits per heavy atom. The van der Waals surface area contributed by atoms with Gasteiger partial charge in [-0.15, -0.1) is 0 Å². The van der Waals surface area contributed by atoms with Gasteiger partial charge in [0.15, 0.2) is 10.9 Å². The van der Waals surface area contributed by atoms with Crippen LogP contribution >= 0.6 is 11.8 Å². The van der Waals surface area contributed by atoms with Gasteiger partial charge in [0, 0.05) is 30.8 Å². The molecule has 1 aromatic carbocycles. The maximum atomic E-state index is 11.8. The topological polar surface area (TPSA) is 34.9 Å². The monoisotopic (exact) mass is 288 g/mol. The number of hydrogen-bond acceptors (Lipinski definition) is 3. The number of Topliss-reactive ketones (excluding diaryl/α,β-unsaturated/α-hetero) is 1. The normalized spacial score (nSPS) is 10.8. The number of ketones is 1. The maximum Gasteiger partial charge on any atom is 0.167 e. The quantitative estimate of drug-likeness (QED) is 0.633. The van der Waals surface area contributed by atoms with Gasteiger partial charge in [-0.3, -0.25) is 4.79 Å². The Hall–Kier alpha value is -1.55. The largest absolute Gasteiger partial charge is 0.329 e. The number of rotatable bonds is 4. The molecule has 0 spiro atoms. The Labute approximate surface area is 124 Å². The molecule has 0 unspecified atom stereocenters. The van der Waals surface area contributed by atoms with Crippen molar-refractivity contribution in [2.75, 3.05) is 0 Å². The Morgan fingerprint density at radius 2 is 2.00 bits per heavy atom. The molecular weight excluding hydrogens is 268 g/mol. The molecular formula is C16H20N2OS. The average molecular weight is 288 g/mol. The summed E-state index contributed by atoms with van der Waals surface area (Å²) in [5, 5.41) is 0.994. The van der Waals surface area contributed by atoms with Crippen molar-refractivity contribution >= 4 is 17.5 Å². The molecule has 106 valence electrons. The second-order valence-electron chi connectivity index (χ2n) is 5.15. The predicted octanol–water partition coefficient (Wildman–Crippen LogP) is 3.84. The van der Waals surface area contributed by atoms with Crippen LogP contribution in [0.4, 0.5) is 0 Å². The highest BCUT2D eigenvalue weighted by molar-refractivity contribution is 7.98. The lowest BCUT2D eigenvalue weighted by Gasteiger charge is -2.15. The highest BCUT2D eigenvalue weighted by Gasteiger charge is 2.14. The number of hydrogen-bond donors (Lipinski definition) is 0. The van der Waals surface area contributed by atoms with E-state index < -0.39 is 0 Å². The van der Waals surface area contributed by atoms with Crippen molar-refractivity contribution in [3.8, 4) is 0 Å². The van der Waals surface area contributed by atoms with Gasteiger partial charge in [0.05, 0.1) is 0 Å².